The summed E-state index contributed by atoms with van der Waals surface area (Å²) in [6, 6.07) is 12.6. The third-order valence-corrected chi connectivity index (χ3v) is 7.27. The maximum absolute atomic E-state index is 15.3. The van der Waals surface area contributed by atoms with Gasteiger partial charge >= 0.3 is 0 Å². The standard InChI is InChI=1S/C30H33F3/c1-3-5-20-7-9-21(10-8-20)11-12-22-13-15-23(16-14-22)26-18-17-24-19-25(6-4-2)28(31)30(33)27(24)29(26)32/h4,6,13-21H,3,5,7-12H2,1-2H3/b6-4+. The van der Waals surface area contributed by atoms with Crippen LogP contribution in [0, 0.1) is 29.3 Å². The van der Waals surface area contributed by atoms with E-state index >= 15 is 4.39 Å². The van der Waals surface area contributed by atoms with Gasteiger partial charge in [-0.05, 0) is 54.2 Å². The van der Waals surface area contributed by atoms with Gasteiger partial charge in [0.25, 0.3) is 0 Å². The normalized spacial score (nSPS) is 18.9. The molecule has 174 valence electrons. The molecule has 0 aromatic heterocycles. The van der Waals surface area contributed by atoms with E-state index in [-0.39, 0.29) is 10.9 Å². The predicted molar refractivity (Wildman–Crippen MR) is 133 cm³/mol. The van der Waals surface area contributed by atoms with Crippen LogP contribution >= 0.6 is 0 Å². The van der Waals surface area contributed by atoms with Crippen molar-refractivity contribution in [1.29, 1.82) is 0 Å². The number of hydrogen-bond acceptors (Lipinski definition) is 0. The van der Waals surface area contributed by atoms with Gasteiger partial charge in [0.15, 0.2) is 11.6 Å². The first kappa shape index (κ1) is 23.6. The maximum atomic E-state index is 15.3. The molecular formula is C30H33F3. The van der Waals surface area contributed by atoms with Crippen molar-refractivity contribution in [2.24, 2.45) is 11.8 Å². The summed E-state index contributed by atoms with van der Waals surface area (Å²) >= 11 is 0. The fourth-order valence-electron chi connectivity index (χ4n) is 5.36. The van der Waals surface area contributed by atoms with Gasteiger partial charge in [-0.15, -0.1) is 0 Å². The van der Waals surface area contributed by atoms with Crippen LogP contribution in [-0.2, 0) is 6.42 Å². The maximum Gasteiger partial charge on any atom is 0.170 e. The van der Waals surface area contributed by atoms with Crippen molar-refractivity contribution in [3.63, 3.8) is 0 Å². The second kappa shape index (κ2) is 10.6. The SMILES string of the molecule is C/C=C/c1cc2ccc(-c3ccc(CCC4CCC(CCC)CC4)cc3)c(F)c2c(F)c1F. The van der Waals surface area contributed by atoms with Gasteiger partial charge in [-0.2, -0.15) is 0 Å². The van der Waals surface area contributed by atoms with E-state index in [1.54, 1.807) is 25.1 Å². The van der Waals surface area contributed by atoms with Crippen LogP contribution in [0.2, 0.25) is 0 Å². The molecule has 0 saturated heterocycles. The van der Waals surface area contributed by atoms with Crippen molar-refractivity contribution in [1.82, 2.24) is 0 Å². The Kier molecular flexibility index (Phi) is 7.57. The molecule has 0 spiro atoms. The minimum atomic E-state index is -1.13. The van der Waals surface area contributed by atoms with Crippen molar-refractivity contribution in [3.05, 3.63) is 77.1 Å². The minimum absolute atomic E-state index is 0.123. The molecule has 0 unspecified atom stereocenters. The van der Waals surface area contributed by atoms with Gasteiger partial charge in [-0.1, -0.05) is 94.0 Å². The number of aryl methyl sites for hydroxylation is 1. The van der Waals surface area contributed by atoms with Crippen LogP contribution in [0.4, 0.5) is 13.2 Å². The van der Waals surface area contributed by atoms with E-state index in [2.05, 4.69) is 6.92 Å². The van der Waals surface area contributed by atoms with Gasteiger partial charge in [-0.25, -0.2) is 13.2 Å². The fourth-order valence-corrected chi connectivity index (χ4v) is 5.36. The highest BCUT2D eigenvalue weighted by Crippen LogP contribution is 2.35. The monoisotopic (exact) mass is 450 g/mol. The van der Waals surface area contributed by atoms with Gasteiger partial charge in [0.2, 0.25) is 0 Å². The lowest BCUT2D eigenvalue weighted by Gasteiger charge is -2.28. The molecule has 1 saturated carbocycles. The van der Waals surface area contributed by atoms with E-state index in [0.717, 1.165) is 18.3 Å². The van der Waals surface area contributed by atoms with E-state index in [9.17, 15) is 8.78 Å². The van der Waals surface area contributed by atoms with Crippen molar-refractivity contribution in [2.75, 3.05) is 0 Å². The van der Waals surface area contributed by atoms with E-state index in [1.165, 1.54) is 62.7 Å². The summed E-state index contributed by atoms with van der Waals surface area (Å²) in [4.78, 5) is 0. The number of hydrogen-bond donors (Lipinski definition) is 0. The van der Waals surface area contributed by atoms with Crippen LogP contribution in [0.15, 0.2) is 48.5 Å². The average Bonchev–Trinajstić information content (AvgIpc) is 2.83. The summed E-state index contributed by atoms with van der Waals surface area (Å²) in [7, 11) is 0. The van der Waals surface area contributed by atoms with Crippen LogP contribution in [-0.4, -0.2) is 0 Å². The van der Waals surface area contributed by atoms with Gasteiger partial charge in [0.1, 0.15) is 5.82 Å². The van der Waals surface area contributed by atoms with E-state index in [0.29, 0.717) is 16.5 Å². The summed E-state index contributed by atoms with van der Waals surface area (Å²) in [5.74, 6) is -1.13. The molecule has 0 heterocycles. The zero-order chi connectivity index (χ0) is 23.4. The largest absolute Gasteiger partial charge is 0.206 e. The minimum Gasteiger partial charge on any atom is -0.206 e. The third kappa shape index (κ3) is 5.18. The number of benzene rings is 3. The summed E-state index contributed by atoms with van der Waals surface area (Å²) in [6.07, 6.45) is 13.4. The molecule has 3 aromatic carbocycles. The molecule has 3 aromatic rings. The van der Waals surface area contributed by atoms with Gasteiger partial charge < -0.3 is 0 Å². The zero-order valence-corrected chi connectivity index (χ0v) is 19.6. The second-order valence-electron chi connectivity index (χ2n) is 9.53. The van der Waals surface area contributed by atoms with Crippen LogP contribution in [0.25, 0.3) is 28.0 Å². The summed E-state index contributed by atoms with van der Waals surface area (Å²) < 4.78 is 44.4. The lowest BCUT2D eigenvalue weighted by atomic mass is 9.78. The van der Waals surface area contributed by atoms with Gasteiger partial charge in [-0.3, -0.25) is 0 Å². The predicted octanol–water partition coefficient (Wildman–Crippen LogP) is 9.50. The zero-order valence-electron chi connectivity index (χ0n) is 19.6. The van der Waals surface area contributed by atoms with Crippen molar-refractivity contribution < 1.29 is 13.2 Å². The molecule has 4 rings (SSSR count). The summed E-state index contributed by atoms with van der Waals surface area (Å²) in [5.41, 5.74) is 2.33. The molecule has 0 aliphatic heterocycles. The molecule has 0 radical (unpaired) electrons. The Balaban J connectivity index is 1.48. The highest BCUT2D eigenvalue weighted by Gasteiger charge is 2.21. The molecule has 0 N–H and O–H groups in total. The van der Waals surface area contributed by atoms with Crippen LogP contribution < -0.4 is 0 Å². The molecule has 1 fully saturated rings. The quantitative estimate of drug-likeness (QED) is 0.336. The molecule has 0 atom stereocenters. The lowest BCUT2D eigenvalue weighted by Crippen LogP contribution is -2.15. The van der Waals surface area contributed by atoms with Crippen molar-refractivity contribution >= 4 is 16.8 Å². The Morgan fingerprint density at radius 3 is 2.12 bits per heavy atom. The highest BCUT2D eigenvalue weighted by atomic mass is 19.2. The molecule has 1 aliphatic carbocycles. The van der Waals surface area contributed by atoms with E-state index in [4.69, 9.17) is 0 Å². The number of halogens is 3. The molecule has 0 nitrogen and oxygen atoms in total. The fraction of sp³-hybridized carbons (Fsp3) is 0.400. The Hall–Kier alpha value is -2.55. The first-order valence-corrected chi connectivity index (χ1v) is 12.3. The summed E-state index contributed by atoms with van der Waals surface area (Å²) in [6.45, 7) is 4.00. The molecule has 0 bridgehead atoms. The summed E-state index contributed by atoms with van der Waals surface area (Å²) in [5, 5.41) is 0.0644. The number of fused-ring (bicyclic) bond motifs is 1. The van der Waals surface area contributed by atoms with Crippen LogP contribution in [0.5, 0.6) is 0 Å². The Labute approximate surface area is 195 Å². The van der Waals surface area contributed by atoms with Gasteiger partial charge in [0, 0.05) is 11.1 Å². The first-order valence-electron chi connectivity index (χ1n) is 12.3. The molecule has 0 amide bonds. The van der Waals surface area contributed by atoms with E-state index in [1.807, 2.05) is 24.3 Å². The topological polar surface area (TPSA) is 0 Å². The molecular weight excluding hydrogens is 417 g/mol. The van der Waals surface area contributed by atoms with Gasteiger partial charge in [0.05, 0.1) is 5.39 Å². The Morgan fingerprint density at radius 1 is 0.818 bits per heavy atom. The average molecular weight is 451 g/mol. The third-order valence-electron chi connectivity index (χ3n) is 7.27. The first-order chi connectivity index (χ1) is 16.0. The molecule has 1 aliphatic rings. The van der Waals surface area contributed by atoms with Crippen molar-refractivity contribution in [3.8, 4) is 11.1 Å². The molecule has 33 heavy (non-hydrogen) atoms. The van der Waals surface area contributed by atoms with Crippen LogP contribution in [0.1, 0.15) is 69.9 Å². The number of rotatable bonds is 7. The smallest absolute Gasteiger partial charge is 0.170 e. The molecule has 3 heteroatoms. The van der Waals surface area contributed by atoms with E-state index < -0.39 is 17.5 Å². The lowest BCUT2D eigenvalue weighted by molar-refractivity contribution is 0.252. The Bertz CT molecular complexity index is 1120. The second-order valence-corrected chi connectivity index (χ2v) is 9.53. The Morgan fingerprint density at radius 2 is 1.48 bits per heavy atom. The highest BCUT2D eigenvalue weighted by molar-refractivity contribution is 5.90. The van der Waals surface area contributed by atoms with Crippen LogP contribution in [0.3, 0.4) is 0 Å². The number of allylic oxidation sites excluding steroid dienone is 1. The van der Waals surface area contributed by atoms with Crippen molar-refractivity contribution in [2.45, 2.75) is 65.2 Å².